The molecule has 0 aliphatic heterocycles. The molecule has 4 heteroatoms. The molecular weight excluding hydrogens is 332 g/mol. The van der Waals surface area contributed by atoms with Gasteiger partial charge in [0.25, 0.3) is 0 Å². The highest BCUT2D eigenvalue weighted by atomic mass is 35.5. The van der Waals surface area contributed by atoms with Gasteiger partial charge in [-0.3, -0.25) is 0 Å². The van der Waals surface area contributed by atoms with E-state index in [2.05, 4.69) is 54.1 Å². The first kappa shape index (κ1) is 18.0. The molecule has 0 aliphatic rings. The lowest BCUT2D eigenvalue weighted by molar-refractivity contribution is 0.238. The third kappa shape index (κ3) is 3.74. The van der Waals surface area contributed by atoms with Crippen LogP contribution in [0.25, 0.3) is 10.9 Å². The van der Waals surface area contributed by atoms with Gasteiger partial charge in [-0.2, -0.15) is 0 Å². The van der Waals surface area contributed by atoms with Crippen molar-refractivity contribution in [3.05, 3.63) is 70.4 Å². The van der Waals surface area contributed by atoms with Gasteiger partial charge in [-0.15, -0.1) is 0 Å². The molecule has 132 valence electrons. The van der Waals surface area contributed by atoms with E-state index < -0.39 is 0 Å². The number of hydrogen-bond donors (Lipinski definition) is 2. The standard InChI is InChI=1S/C21H25ClN2O/c1-3-17(14-25)23-12-19-15(2)24(21-11-7-5-9-18(19)21)13-16-8-4-6-10-20(16)22/h4-11,17,23,25H,3,12-14H2,1-2H3/t17-/m0/s1. The van der Waals surface area contributed by atoms with Crippen LogP contribution in [0.3, 0.4) is 0 Å². The van der Waals surface area contributed by atoms with Crippen molar-refractivity contribution in [3.63, 3.8) is 0 Å². The van der Waals surface area contributed by atoms with E-state index in [1.54, 1.807) is 0 Å². The van der Waals surface area contributed by atoms with Crippen molar-refractivity contribution in [1.29, 1.82) is 0 Å². The summed E-state index contributed by atoms with van der Waals surface area (Å²) in [7, 11) is 0. The molecule has 0 radical (unpaired) electrons. The molecule has 1 heterocycles. The van der Waals surface area contributed by atoms with Crippen LogP contribution >= 0.6 is 11.6 Å². The number of halogens is 1. The van der Waals surface area contributed by atoms with Crippen molar-refractivity contribution < 1.29 is 5.11 Å². The number of nitrogens with one attached hydrogen (secondary N) is 1. The van der Waals surface area contributed by atoms with E-state index in [4.69, 9.17) is 11.6 Å². The van der Waals surface area contributed by atoms with E-state index >= 15 is 0 Å². The zero-order chi connectivity index (χ0) is 17.8. The second kappa shape index (κ2) is 8.05. The zero-order valence-corrected chi connectivity index (χ0v) is 15.6. The molecule has 2 N–H and O–H groups in total. The summed E-state index contributed by atoms with van der Waals surface area (Å²) in [5, 5.41) is 15.0. The molecule has 1 aromatic heterocycles. The molecule has 3 nitrogen and oxygen atoms in total. The highest BCUT2D eigenvalue weighted by molar-refractivity contribution is 6.31. The van der Waals surface area contributed by atoms with E-state index in [0.29, 0.717) is 0 Å². The summed E-state index contributed by atoms with van der Waals surface area (Å²) in [4.78, 5) is 0. The van der Waals surface area contributed by atoms with Crippen molar-refractivity contribution in [3.8, 4) is 0 Å². The van der Waals surface area contributed by atoms with Crippen LogP contribution in [0, 0.1) is 6.92 Å². The smallest absolute Gasteiger partial charge is 0.0584 e. The van der Waals surface area contributed by atoms with Crippen LogP contribution in [0.5, 0.6) is 0 Å². The topological polar surface area (TPSA) is 37.2 Å². The van der Waals surface area contributed by atoms with E-state index in [9.17, 15) is 5.11 Å². The molecule has 0 spiro atoms. The molecule has 25 heavy (non-hydrogen) atoms. The summed E-state index contributed by atoms with van der Waals surface area (Å²) in [5.74, 6) is 0. The first-order valence-electron chi connectivity index (χ1n) is 8.80. The summed E-state index contributed by atoms with van der Waals surface area (Å²) in [6.07, 6.45) is 0.911. The van der Waals surface area contributed by atoms with Crippen molar-refractivity contribution in [2.75, 3.05) is 6.61 Å². The molecular formula is C21H25ClN2O. The molecule has 0 fully saturated rings. The predicted octanol–water partition coefficient (Wildman–Crippen LogP) is 4.51. The lowest BCUT2D eigenvalue weighted by Gasteiger charge is -2.14. The van der Waals surface area contributed by atoms with Crippen LogP contribution < -0.4 is 5.32 Å². The van der Waals surface area contributed by atoms with Gasteiger partial charge in [0.1, 0.15) is 0 Å². The lowest BCUT2D eigenvalue weighted by Crippen LogP contribution is -2.31. The van der Waals surface area contributed by atoms with Gasteiger partial charge in [0.2, 0.25) is 0 Å². The van der Waals surface area contributed by atoms with Crippen molar-refractivity contribution in [2.45, 2.75) is 39.4 Å². The van der Waals surface area contributed by atoms with Crippen LogP contribution in [-0.4, -0.2) is 22.3 Å². The maximum absolute atomic E-state index is 9.43. The van der Waals surface area contributed by atoms with E-state index in [-0.39, 0.29) is 12.6 Å². The number of aliphatic hydroxyl groups is 1. The summed E-state index contributed by atoms with van der Waals surface area (Å²) >= 11 is 6.37. The number of nitrogens with zero attached hydrogens (tertiary/aromatic N) is 1. The fourth-order valence-corrected chi connectivity index (χ4v) is 3.51. The maximum atomic E-state index is 9.43. The Balaban J connectivity index is 1.99. The molecule has 3 rings (SSSR count). The Morgan fingerprint density at radius 3 is 2.56 bits per heavy atom. The Labute approximate surface area is 154 Å². The molecule has 0 saturated heterocycles. The third-order valence-corrected chi connectivity index (χ3v) is 5.30. The van der Waals surface area contributed by atoms with Gasteiger partial charge >= 0.3 is 0 Å². The third-order valence-electron chi connectivity index (χ3n) is 4.93. The monoisotopic (exact) mass is 356 g/mol. The largest absolute Gasteiger partial charge is 0.395 e. The van der Waals surface area contributed by atoms with E-state index in [0.717, 1.165) is 30.1 Å². The van der Waals surface area contributed by atoms with Crippen molar-refractivity contribution in [1.82, 2.24) is 9.88 Å². The molecule has 0 unspecified atom stereocenters. The van der Waals surface area contributed by atoms with Crippen LogP contribution in [0.4, 0.5) is 0 Å². The number of rotatable bonds is 7. The predicted molar refractivity (Wildman–Crippen MR) is 105 cm³/mol. The zero-order valence-electron chi connectivity index (χ0n) is 14.8. The van der Waals surface area contributed by atoms with Gasteiger partial charge in [-0.25, -0.2) is 0 Å². The van der Waals surface area contributed by atoms with Gasteiger partial charge in [0, 0.05) is 40.8 Å². The number of para-hydroxylation sites is 1. The molecule has 0 amide bonds. The van der Waals surface area contributed by atoms with Crippen LogP contribution in [0.15, 0.2) is 48.5 Å². The molecule has 2 aromatic carbocycles. The molecule has 3 aromatic rings. The van der Waals surface area contributed by atoms with Crippen LogP contribution in [-0.2, 0) is 13.1 Å². The summed E-state index contributed by atoms with van der Waals surface area (Å²) in [6, 6.07) is 16.6. The molecule has 0 saturated carbocycles. The van der Waals surface area contributed by atoms with Crippen LogP contribution in [0.2, 0.25) is 5.02 Å². The van der Waals surface area contributed by atoms with E-state index in [1.807, 2.05) is 18.2 Å². The highest BCUT2D eigenvalue weighted by Gasteiger charge is 2.15. The first-order chi connectivity index (χ1) is 12.2. The fourth-order valence-electron chi connectivity index (χ4n) is 3.31. The average Bonchev–Trinajstić information content (AvgIpc) is 2.90. The number of fused-ring (bicyclic) bond motifs is 1. The van der Waals surface area contributed by atoms with Crippen molar-refractivity contribution >= 4 is 22.5 Å². The van der Waals surface area contributed by atoms with Gasteiger partial charge in [-0.1, -0.05) is 54.9 Å². The quantitative estimate of drug-likeness (QED) is 0.653. The Morgan fingerprint density at radius 2 is 1.84 bits per heavy atom. The Morgan fingerprint density at radius 1 is 1.12 bits per heavy atom. The Bertz CT molecular complexity index is 852. The number of aliphatic hydroxyl groups excluding tert-OH is 1. The minimum atomic E-state index is 0.130. The average molecular weight is 357 g/mol. The maximum Gasteiger partial charge on any atom is 0.0584 e. The second-order valence-corrected chi connectivity index (χ2v) is 6.83. The number of benzene rings is 2. The first-order valence-corrected chi connectivity index (χ1v) is 9.17. The number of hydrogen-bond acceptors (Lipinski definition) is 2. The lowest BCUT2D eigenvalue weighted by atomic mass is 10.1. The molecule has 0 bridgehead atoms. The minimum absolute atomic E-state index is 0.130. The van der Waals surface area contributed by atoms with Gasteiger partial charge in [0.15, 0.2) is 0 Å². The van der Waals surface area contributed by atoms with Gasteiger partial charge in [-0.05, 0) is 36.6 Å². The minimum Gasteiger partial charge on any atom is -0.395 e. The van der Waals surface area contributed by atoms with Crippen molar-refractivity contribution in [2.24, 2.45) is 0 Å². The second-order valence-electron chi connectivity index (χ2n) is 6.43. The molecule has 1 atom stereocenters. The summed E-state index contributed by atoms with van der Waals surface area (Å²) in [5.41, 5.74) is 4.86. The normalized spacial score (nSPS) is 12.6. The SMILES string of the molecule is CC[C@@H](CO)NCc1c(C)n(Cc2ccccc2Cl)c2ccccc12. The highest BCUT2D eigenvalue weighted by Crippen LogP contribution is 2.28. The Kier molecular flexibility index (Phi) is 5.79. The number of aromatic nitrogens is 1. The molecule has 0 aliphatic carbocycles. The van der Waals surface area contributed by atoms with Crippen LogP contribution in [0.1, 0.15) is 30.2 Å². The van der Waals surface area contributed by atoms with Gasteiger partial charge < -0.3 is 15.0 Å². The van der Waals surface area contributed by atoms with Gasteiger partial charge in [0.05, 0.1) is 6.61 Å². The fraction of sp³-hybridized carbons (Fsp3) is 0.333. The summed E-state index contributed by atoms with van der Waals surface area (Å²) < 4.78 is 2.33. The summed E-state index contributed by atoms with van der Waals surface area (Å²) in [6.45, 7) is 5.91. The Hall–Kier alpha value is -1.81. The van der Waals surface area contributed by atoms with E-state index in [1.165, 1.54) is 22.2 Å².